The van der Waals surface area contributed by atoms with Gasteiger partial charge in [-0.05, 0) is 55.1 Å². The van der Waals surface area contributed by atoms with E-state index in [9.17, 15) is 9.90 Å². The highest BCUT2D eigenvalue weighted by Gasteiger charge is 2.61. The molecule has 1 saturated heterocycles. The molecule has 9 nitrogen and oxygen atoms in total. The number of likely N-dealkylation sites (tertiary alicyclic amines) is 1. The van der Waals surface area contributed by atoms with E-state index in [-0.39, 0.29) is 37.7 Å². The predicted octanol–water partition coefficient (Wildman–Crippen LogP) is 4.93. The lowest BCUT2D eigenvalue weighted by molar-refractivity contribution is -0.207. The molecule has 0 radical (unpaired) electrons. The maximum atomic E-state index is 15.8. The van der Waals surface area contributed by atoms with Gasteiger partial charge in [-0.25, -0.2) is 4.90 Å². The van der Waals surface area contributed by atoms with Gasteiger partial charge < -0.3 is 23.8 Å². The first-order chi connectivity index (χ1) is 17.7. The third kappa shape index (κ3) is 5.63. The highest BCUT2D eigenvalue weighted by Crippen LogP contribution is 2.52. The van der Waals surface area contributed by atoms with Gasteiger partial charge in [0.25, 0.3) is 0 Å². The number of methoxy groups -OCH3 is 2. The number of aromatic nitrogens is 2. The highest BCUT2D eigenvalue weighted by molar-refractivity contribution is 5.93. The van der Waals surface area contributed by atoms with Crippen LogP contribution in [0.15, 0.2) is 22.7 Å². The summed E-state index contributed by atoms with van der Waals surface area (Å²) in [6.45, 7) is 7.48. The Hall–Kier alpha value is -2.79. The maximum Gasteiger partial charge on any atom is 0.367 e. The van der Waals surface area contributed by atoms with E-state index in [1.54, 1.807) is 18.2 Å². The summed E-state index contributed by atoms with van der Waals surface area (Å²) in [6, 6.07) is 0.164. The number of halogens is 2. The van der Waals surface area contributed by atoms with E-state index >= 15 is 8.78 Å². The molecule has 1 atom stereocenters. The fourth-order valence-corrected chi connectivity index (χ4v) is 6.51. The van der Waals surface area contributed by atoms with E-state index in [1.165, 1.54) is 14.2 Å². The minimum atomic E-state index is -3.90. The van der Waals surface area contributed by atoms with Crippen molar-refractivity contribution in [3.05, 3.63) is 29.9 Å². The van der Waals surface area contributed by atoms with Gasteiger partial charge in [-0.3, -0.25) is 4.79 Å². The standard InChI is InChI=1S/C27H37F2N3O6/c1-24(2)14-25(3,4)16-26(34,15-24)23(33)27(28,29)32-11-7-8-18(32)22-30-21(31-38-22)13-37-17-9-10-19(35-5)20(12-17)36-6/h9-10,12,18,34H,7-8,11,13-16H2,1-6H3/t18-/m0/s1. The van der Waals surface area contributed by atoms with Crippen LogP contribution in [0.2, 0.25) is 0 Å². The number of Topliss-reactive ketones (excluding diaryl/α,β-unsaturated/α-hetero) is 1. The van der Waals surface area contributed by atoms with Crippen LogP contribution < -0.4 is 14.2 Å². The number of benzene rings is 1. The number of hydrogen-bond acceptors (Lipinski definition) is 9. The van der Waals surface area contributed by atoms with Gasteiger partial charge in [0.15, 0.2) is 18.1 Å². The topological polar surface area (TPSA) is 107 Å². The van der Waals surface area contributed by atoms with Crippen LogP contribution in [0.4, 0.5) is 8.78 Å². The Morgan fingerprint density at radius 1 is 1.13 bits per heavy atom. The van der Waals surface area contributed by atoms with Crippen molar-refractivity contribution in [2.75, 3.05) is 20.8 Å². The normalized spacial score (nSPS) is 22.7. The summed E-state index contributed by atoms with van der Waals surface area (Å²) in [7, 11) is 3.04. The first kappa shape index (κ1) is 28.2. The van der Waals surface area contributed by atoms with Crippen molar-refractivity contribution < 1.29 is 37.4 Å². The number of ketones is 1. The summed E-state index contributed by atoms with van der Waals surface area (Å²) < 4.78 is 53.1. The molecular weight excluding hydrogens is 500 g/mol. The average Bonchev–Trinajstić information content (AvgIpc) is 3.49. The molecule has 38 heavy (non-hydrogen) atoms. The third-order valence-electron chi connectivity index (χ3n) is 7.30. The zero-order valence-electron chi connectivity index (χ0n) is 22.8. The summed E-state index contributed by atoms with van der Waals surface area (Å²) in [6.07, 6.45) is 1.42. The minimum absolute atomic E-state index is 0.0165. The van der Waals surface area contributed by atoms with E-state index in [1.807, 2.05) is 27.7 Å². The molecule has 2 aromatic rings. The molecule has 1 aromatic carbocycles. The zero-order valence-corrected chi connectivity index (χ0v) is 22.8. The van der Waals surface area contributed by atoms with Gasteiger partial charge in [-0.15, -0.1) is 0 Å². The number of nitrogens with zero attached hydrogens (tertiary/aromatic N) is 3. The van der Waals surface area contributed by atoms with E-state index in [2.05, 4.69) is 10.1 Å². The van der Waals surface area contributed by atoms with Gasteiger partial charge in [0.2, 0.25) is 17.5 Å². The Labute approximate surface area is 221 Å². The van der Waals surface area contributed by atoms with Crippen LogP contribution in [0.5, 0.6) is 17.2 Å². The van der Waals surface area contributed by atoms with E-state index in [4.69, 9.17) is 18.7 Å². The number of carbonyl (C=O) groups excluding carboxylic acids is 1. The van der Waals surface area contributed by atoms with Gasteiger partial charge >= 0.3 is 6.05 Å². The van der Waals surface area contributed by atoms with Gasteiger partial charge in [-0.2, -0.15) is 13.8 Å². The summed E-state index contributed by atoms with van der Waals surface area (Å²) >= 11 is 0. The molecule has 0 bridgehead atoms. The van der Waals surface area contributed by atoms with Crippen LogP contribution in [0.25, 0.3) is 0 Å². The summed E-state index contributed by atoms with van der Waals surface area (Å²) in [5.41, 5.74) is -3.04. The molecule has 1 N–H and O–H groups in total. The fraction of sp³-hybridized carbons (Fsp3) is 0.667. The Bertz CT molecular complexity index is 1150. The number of aliphatic hydroxyl groups is 1. The number of alkyl halides is 2. The number of ether oxygens (including phenoxy) is 3. The number of hydrogen-bond donors (Lipinski definition) is 1. The maximum absolute atomic E-state index is 15.8. The molecule has 0 amide bonds. The van der Waals surface area contributed by atoms with Gasteiger partial charge in [-0.1, -0.05) is 32.9 Å². The summed E-state index contributed by atoms with van der Waals surface area (Å²) in [5.74, 6) is 0.194. The lowest BCUT2D eigenvalue weighted by Gasteiger charge is -2.49. The SMILES string of the molecule is COc1ccc(OCc2noc([C@@H]3CCCN3C(F)(F)C(=O)C3(O)CC(C)(C)CC(C)(C)C3)n2)cc1OC. The fourth-order valence-electron chi connectivity index (χ4n) is 6.51. The largest absolute Gasteiger partial charge is 0.493 e. The molecule has 1 aliphatic heterocycles. The molecule has 1 saturated carbocycles. The van der Waals surface area contributed by atoms with Crippen LogP contribution in [-0.4, -0.2) is 58.3 Å². The molecule has 2 fully saturated rings. The highest BCUT2D eigenvalue weighted by atomic mass is 19.3. The molecule has 0 spiro atoms. The van der Waals surface area contributed by atoms with Crippen LogP contribution >= 0.6 is 0 Å². The first-order valence-electron chi connectivity index (χ1n) is 12.8. The van der Waals surface area contributed by atoms with Gasteiger partial charge in [0.05, 0.1) is 20.3 Å². The molecule has 1 aromatic heterocycles. The van der Waals surface area contributed by atoms with Gasteiger partial charge in [0, 0.05) is 12.6 Å². The van der Waals surface area contributed by atoms with E-state index < -0.39 is 34.3 Å². The van der Waals surface area contributed by atoms with Crippen LogP contribution in [0.3, 0.4) is 0 Å². The van der Waals surface area contributed by atoms with Crippen molar-refractivity contribution in [1.82, 2.24) is 15.0 Å². The second kappa shape index (κ2) is 10.1. The van der Waals surface area contributed by atoms with Crippen LogP contribution in [-0.2, 0) is 11.4 Å². The van der Waals surface area contributed by atoms with Crippen molar-refractivity contribution >= 4 is 5.78 Å². The van der Waals surface area contributed by atoms with Crippen molar-refractivity contribution in [2.24, 2.45) is 10.8 Å². The summed E-state index contributed by atoms with van der Waals surface area (Å²) in [5, 5.41) is 15.2. The monoisotopic (exact) mass is 537 g/mol. The molecule has 0 unspecified atom stereocenters. The minimum Gasteiger partial charge on any atom is -0.493 e. The molecule has 2 aliphatic rings. The lowest BCUT2D eigenvalue weighted by Crippen LogP contribution is -2.60. The molecule has 2 heterocycles. The van der Waals surface area contributed by atoms with Crippen molar-refractivity contribution in [3.63, 3.8) is 0 Å². The Morgan fingerprint density at radius 2 is 1.79 bits per heavy atom. The zero-order chi connectivity index (χ0) is 27.9. The second-order valence-corrected chi connectivity index (χ2v) is 12.0. The second-order valence-electron chi connectivity index (χ2n) is 12.0. The number of carbonyl (C=O) groups is 1. The Morgan fingerprint density at radius 3 is 2.42 bits per heavy atom. The smallest absolute Gasteiger partial charge is 0.367 e. The van der Waals surface area contributed by atoms with Crippen LogP contribution in [0.1, 0.15) is 77.6 Å². The van der Waals surface area contributed by atoms with Crippen LogP contribution in [0, 0.1) is 10.8 Å². The molecule has 210 valence electrons. The van der Waals surface area contributed by atoms with Gasteiger partial charge in [0.1, 0.15) is 11.4 Å². The van der Waals surface area contributed by atoms with E-state index in [0.717, 1.165) is 11.3 Å². The first-order valence-corrected chi connectivity index (χ1v) is 12.8. The number of rotatable bonds is 9. The lowest BCUT2D eigenvalue weighted by atomic mass is 9.58. The van der Waals surface area contributed by atoms with Crippen molar-refractivity contribution in [3.8, 4) is 17.2 Å². The third-order valence-corrected chi connectivity index (χ3v) is 7.30. The molecule has 4 rings (SSSR count). The Balaban J connectivity index is 1.48. The molecular formula is C27H37F2N3O6. The molecule has 1 aliphatic carbocycles. The quantitative estimate of drug-likeness (QED) is 0.446. The Kier molecular flexibility index (Phi) is 7.48. The van der Waals surface area contributed by atoms with Crippen molar-refractivity contribution in [1.29, 1.82) is 0 Å². The van der Waals surface area contributed by atoms with Crippen molar-refractivity contribution in [2.45, 2.75) is 84.1 Å². The van der Waals surface area contributed by atoms with E-state index in [0.29, 0.717) is 30.1 Å². The summed E-state index contributed by atoms with van der Waals surface area (Å²) in [4.78, 5) is 18.4. The average molecular weight is 538 g/mol. The predicted molar refractivity (Wildman–Crippen MR) is 133 cm³/mol. The molecule has 11 heteroatoms.